The van der Waals surface area contributed by atoms with Crippen LogP contribution in [0.5, 0.6) is 0 Å². The third-order valence-electron chi connectivity index (χ3n) is 5.96. The molecule has 0 radical (unpaired) electrons. The zero-order valence-electron chi connectivity index (χ0n) is 17.6. The summed E-state index contributed by atoms with van der Waals surface area (Å²) in [6.07, 6.45) is 10.8. The molecule has 1 aromatic carbocycles. The van der Waals surface area contributed by atoms with Crippen molar-refractivity contribution >= 4 is 16.6 Å². The minimum Gasteiger partial charge on any atom is -0.344 e. The SMILES string of the molecule is C=C(Nc1cc2cc(-c3cnn(C)c3)ccc2cn1)C1CCN(CCCC)CC1. The lowest BCUT2D eigenvalue weighted by molar-refractivity contribution is 0.197. The first-order valence-corrected chi connectivity index (χ1v) is 10.7. The number of unbranched alkanes of at least 4 members (excludes halogenated alkanes) is 1. The molecule has 3 aromatic rings. The van der Waals surface area contributed by atoms with E-state index in [2.05, 4.69) is 58.1 Å². The second-order valence-corrected chi connectivity index (χ2v) is 8.15. The van der Waals surface area contributed by atoms with Crippen molar-refractivity contribution in [1.82, 2.24) is 19.7 Å². The van der Waals surface area contributed by atoms with Crippen molar-refractivity contribution in [3.05, 3.63) is 55.1 Å². The highest BCUT2D eigenvalue weighted by Gasteiger charge is 2.21. The predicted molar refractivity (Wildman–Crippen MR) is 121 cm³/mol. The van der Waals surface area contributed by atoms with Gasteiger partial charge in [-0.1, -0.05) is 32.1 Å². The predicted octanol–water partition coefficient (Wildman–Crippen LogP) is 5.07. The van der Waals surface area contributed by atoms with Gasteiger partial charge in [0, 0.05) is 42.0 Å². The van der Waals surface area contributed by atoms with E-state index in [4.69, 9.17) is 0 Å². The third kappa shape index (κ3) is 4.67. The fourth-order valence-corrected chi connectivity index (χ4v) is 4.11. The van der Waals surface area contributed by atoms with Crippen LogP contribution in [0.15, 0.2) is 55.1 Å². The lowest BCUT2D eigenvalue weighted by Crippen LogP contribution is -2.35. The average molecular weight is 390 g/mol. The van der Waals surface area contributed by atoms with Crippen LogP contribution >= 0.6 is 0 Å². The molecule has 1 N–H and O–H groups in total. The highest BCUT2D eigenvalue weighted by atomic mass is 15.2. The number of fused-ring (bicyclic) bond motifs is 1. The normalized spacial score (nSPS) is 15.7. The summed E-state index contributed by atoms with van der Waals surface area (Å²) in [6, 6.07) is 8.57. The molecule has 3 heterocycles. The Morgan fingerprint density at radius 1 is 1.14 bits per heavy atom. The summed E-state index contributed by atoms with van der Waals surface area (Å²) in [6.45, 7) is 10.2. The molecule has 0 atom stereocenters. The van der Waals surface area contributed by atoms with Gasteiger partial charge in [0.25, 0.3) is 0 Å². The number of aryl methyl sites for hydroxylation is 1. The smallest absolute Gasteiger partial charge is 0.130 e. The van der Waals surface area contributed by atoms with Crippen LogP contribution < -0.4 is 5.32 Å². The Hall–Kier alpha value is -2.66. The highest BCUT2D eigenvalue weighted by Crippen LogP contribution is 2.28. The van der Waals surface area contributed by atoms with Gasteiger partial charge in [0.15, 0.2) is 0 Å². The first-order valence-electron chi connectivity index (χ1n) is 10.7. The summed E-state index contributed by atoms with van der Waals surface area (Å²) >= 11 is 0. The van der Waals surface area contributed by atoms with Gasteiger partial charge in [0.1, 0.15) is 5.82 Å². The summed E-state index contributed by atoms with van der Waals surface area (Å²) in [7, 11) is 1.94. The fourth-order valence-electron chi connectivity index (χ4n) is 4.11. The largest absolute Gasteiger partial charge is 0.344 e. The molecule has 0 amide bonds. The lowest BCUT2D eigenvalue weighted by atomic mass is 9.94. The molecule has 0 aliphatic carbocycles. The van der Waals surface area contributed by atoms with E-state index < -0.39 is 0 Å². The van der Waals surface area contributed by atoms with E-state index in [0.29, 0.717) is 5.92 Å². The van der Waals surface area contributed by atoms with Crippen molar-refractivity contribution in [2.45, 2.75) is 32.6 Å². The first kappa shape index (κ1) is 19.6. The van der Waals surface area contributed by atoms with Gasteiger partial charge in [0.2, 0.25) is 0 Å². The Balaban J connectivity index is 1.43. The summed E-state index contributed by atoms with van der Waals surface area (Å²) in [5.41, 5.74) is 3.39. The van der Waals surface area contributed by atoms with Gasteiger partial charge in [-0.3, -0.25) is 4.68 Å². The van der Waals surface area contributed by atoms with Crippen LogP contribution in [-0.4, -0.2) is 39.3 Å². The van der Waals surface area contributed by atoms with Crippen molar-refractivity contribution in [3.63, 3.8) is 0 Å². The zero-order chi connectivity index (χ0) is 20.2. The number of piperidine rings is 1. The van der Waals surface area contributed by atoms with Crippen LogP contribution in [-0.2, 0) is 7.05 Å². The molecule has 152 valence electrons. The Kier molecular flexibility index (Phi) is 5.95. The van der Waals surface area contributed by atoms with E-state index in [1.165, 1.54) is 56.3 Å². The Labute approximate surface area is 173 Å². The van der Waals surface area contributed by atoms with Crippen molar-refractivity contribution in [2.24, 2.45) is 13.0 Å². The Morgan fingerprint density at radius 3 is 2.69 bits per heavy atom. The molecule has 0 unspecified atom stereocenters. The van der Waals surface area contributed by atoms with Gasteiger partial charge in [-0.2, -0.15) is 5.10 Å². The second-order valence-electron chi connectivity index (χ2n) is 8.15. The van der Waals surface area contributed by atoms with Crippen molar-refractivity contribution < 1.29 is 0 Å². The molecule has 0 saturated carbocycles. The number of benzene rings is 1. The van der Waals surface area contributed by atoms with E-state index >= 15 is 0 Å². The number of pyridine rings is 1. The molecule has 1 aliphatic heterocycles. The minimum absolute atomic E-state index is 0.520. The number of likely N-dealkylation sites (tertiary alicyclic amines) is 1. The van der Waals surface area contributed by atoms with Crippen LogP contribution in [0.25, 0.3) is 21.9 Å². The van der Waals surface area contributed by atoms with E-state index in [1.54, 1.807) is 0 Å². The molecule has 1 aliphatic rings. The Bertz CT molecular complexity index is 982. The number of hydrogen-bond acceptors (Lipinski definition) is 4. The van der Waals surface area contributed by atoms with Crippen LogP contribution in [0.4, 0.5) is 5.82 Å². The van der Waals surface area contributed by atoms with Gasteiger partial charge in [-0.15, -0.1) is 0 Å². The molecular formula is C24H31N5. The van der Waals surface area contributed by atoms with Gasteiger partial charge < -0.3 is 10.2 Å². The molecule has 5 nitrogen and oxygen atoms in total. The molecule has 1 saturated heterocycles. The number of anilines is 1. The molecule has 0 bridgehead atoms. The van der Waals surface area contributed by atoms with Gasteiger partial charge in [-0.05, 0) is 62.0 Å². The first-order chi connectivity index (χ1) is 14.1. The van der Waals surface area contributed by atoms with Crippen molar-refractivity contribution in [3.8, 4) is 11.1 Å². The maximum absolute atomic E-state index is 4.60. The number of hydrogen-bond donors (Lipinski definition) is 1. The molecular weight excluding hydrogens is 358 g/mol. The second kappa shape index (κ2) is 8.78. The van der Waals surface area contributed by atoms with Crippen LogP contribution in [0.2, 0.25) is 0 Å². The van der Waals surface area contributed by atoms with E-state index in [-0.39, 0.29) is 0 Å². The number of aromatic nitrogens is 3. The van der Waals surface area contributed by atoms with Crippen molar-refractivity contribution in [1.29, 1.82) is 0 Å². The number of nitrogens with zero attached hydrogens (tertiary/aromatic N) is 4. The lowest BCUT2D eigenvalue weighted by Gasteiger charge is -2.33. The molecule has 2 aromatic heterocycles. The molecule has 1 fully saturated rings. The van der Waals surface area contributed by atoms with Crippen LogP contribution in [0, 0.1) is 5.92 Å². The van der Waals surface area contributed by atoms with E-state index in [1.807, 2.05) is 30.3 Å². The topological polar surface area (TPSA) is 46.0 Å². The van der Waals surface area contributed by atoms with Crippen LogP contribution in [0.3, 0.4) is 0 Å². The standard InChI is InChI=1S/C24H31N5/c1-4-5-10-29-11-8-19(9-12-29)18(2)27-24-14-22-13-20(6-7-21(22)15-25-24)23-16-26-28(3)17-23/h6-7,13-17,19H,2,4-5,8-12H2,1,3H3,(H,25,27). The summed E-state index contributed by atoms with van der Waals surface area (Å²) in [5.74, 6) is 1.39. The number of rotatable bonds is 7. The van der Waals surface area contributed by atoms with E-state index in [9.17, 15) is 0 Å². The summed E-state index contributed by atoms with van der Waals surface area (Å²) in [5, 5.41) is 10.1. The van der Waals surface area contributed by atoms with Gasteiger partial charge in [0.05, 0.1) is 6.20 Å². The molecule has 4 rings (SSSR count). The number of allylic oxidation sites excluding steroid dienone is 1. The summed E-state index contributed by atoms with van der Waals surface area (Å²) in [4.78, 5) is 7.19. The van der Waals surface area contributed by atoms with E-state index in [0.717, 1.165) is 22.5 Å². The van der Waals surface area contributed by atoms with Crippen molar-refractivity contribution in [2.75, 3.05) is 25.0 Å². The monoisotopic (exact) mass is 389 g/mol. The third-order valence-corrected chi connectivity index (χ3v) is 5.96. The molecule has 0 spiro atoms. The highest BCUT2D eigenvalue weighted by molar-refractivity contribution is 5.88. The zero-order valence-corrected chi connectivity index (χ0v) is 17.6. The number of nitrogens with one attached hydrogen (secondary N) is 1. The maximum Gasteiger partial charge on any atom is 0.130 e. The minimum atomic E-state index is 0.520. The maximum atomic E-state index is 4.60. The quantitative estimate of drug-likeness (QED) is 0.613. The molecule has 5 heteroatoms. The van der Waals surface area contributed by atoms with Crippen LogP contribution in [0.1, 0.15) is 32.6 Å². The summed E-state index contributed by atoms with van der Waals surface area (Å²) < 4.78 is 1.83. The van der Waals surface area contributed by atoms with Gasteiger partial charge >= 0.3 is 0 Å². The Morgan fingerprint density at radius 2 is 1.97 bits per heavy atom. The average Bonchev–Trinajstić information content (AvgIpc) is 3.18. The van der Waals surface area contributed by atoms with Gasteiger partial charge in [-0.25, -0.2) is 4.98 Å². The fraction of sp³-hybridized carbons (Fsp3) is 0.417. The molecule has 29 heavy (non-hydrogen) atoms.